The van der Waals surface area contributed by atoms with Crippen LogP contribution in [-0.4, -0.2) is 54.9 Å². The van der Waals surface area contributed by atoms with Gasteiger partial charge >= 0.3 is 11.9 Å². The van der Waals surface area contributed by atoms with Crippen LogP contribution < -0.4 is 11.1 Å². The molecule has 8 nitrogen and oxygen atoms in total. The van der Waals surface area contributed by atoms with Gasteiger partial charge in [0.1, 0.15) is 6.04 Å². The van der Waals surface area contributed by atoms with Gasteiger partial charge in [-0.1, -0.05) is 0 Å². The van der Waals surface area contributed by atoms with Crippen LogP contribution >= 0.6 is 0 Å². The van der Waals surface area contributed by atoms with Crippen LogP contribution in [0.25, 0.3) is 0 Å². The molecule has 0 aliphatic carbocycles. The minimum absolute atomic E-state index is 0.0413. The second-order valence-electron chi connectivity index (χ2n) is 4.75. The number of carbonyl (C=O) groups is 3. The lowest BCUT2D eigenvalue weighted by Crippen LogP contribution is -2.59. The van der Waals surface area contributed by atoms with Gasteiger partial charge in [0.2, 0.25) is 5.91 Å². The Hall–Kier alpha value is -1.67. The molecular formula is C12H20N2O6. The molecule has 0 saturated carbocycles. The van der Waals surface area contributed by atoms with Crippen molar-refractivity contribution in [2.45, 2.75) is 37.3 Å². The molecule has 1 atom stereocenters. The van der Waals surface area contributed by atoms with Gasteiger partial charge in [0, 0.05) is 19.6 Å². The van der Waals surface area contributed by atoms with E-state index >= 15 is 0 Å². The summed E-state index contributed by atoms with van der Waals surface area (Å²) in [5, 5.41) is 11.4. The van der Waals surface area contributed by atoms with Crippen LogP contribution in [0, 0.1) is 0 Å². The number of nitrogens with two attached hydrogens (primary N) is 1. The fourth-order valence-corrected chi connectivity index (χ4v) is 1.89. The van der Waals surface area contributed by atoms with Crippen LogP contribution in [0.2, 0.25) is 0 Å². The first-order valence-corrected chi connectivity index (χ1v) is 6.36. The molecule has 0 spiro atoms. The Labute approximate surface area is 116 Å². The summed E-state index contributed by atoms with van der Waals surface area (Å²) in [6.45, 7) is 0.730. The van der Waals surface area contributed by atoms with Crippen LogP contribution in [0.5, 0.6) is 0 Å². The number of ether oxygens (including phenoxy) is 2. The van der Waals surface area contributed by atoms with Crippen molar-refractivity contribution in [1.82, 2.24) is 5.32 Å². The van der Waals surface area contributed by atoms with Gasteiger partial charge in [0.25, 0.3) is 0 Å². The van der Waals surface area contributed by atoms with Crippen molar-refractivity contribution in [2.75, 3.05) is 20.3 Å². The molecule has 1 amide bonds. The van der Waals surface area contributed by atoms with Crippen LogP contribution in [0.1, 0.15) is 25.7 Å². The van der Waals surface area contributed by atoms with Gasteiger partial charge in [-0.15, -0.1) is 0 Å². The lowest BCUT2D eigenvalue weighted by atomic mass is 9.90. The smallest absolute Gasteiger partial charge is 0.326 e. The van der Waals surface area contributed by atoms with E-state index in [1.54, 1.807) is 0 Å². The molecule has 114 valence electrons. The molecule has 1 heterocycles. The van der Waals surface area contributed by atoms with Gasteiger partial charge in [-0.3, -0.25) is 9.59 Å². The molecule has 0 bridgehead atoms. The van der Waals surface area contributed by atoms with E-state index < -0.39 is 29.4 Å². The number of carboxylic acid groups (broad SMARTS) is 1. The van der Waals surface area contributed by atoms with Crippen LogP contribution in [-0.2, 0) is 23.9 Å². The molecule has 1 aliphatic rings. The lowest BCUT2D eigenvalue weighted by molar-refractivity contribution is -0.145. The summed E-state index contributed by atoms with van der Waals surface area (Å²) in [6, 6.07) is -1.16. The number of carbonyl (C=O) groups excluding carboxylic acids is 2. The van der Waals surface area contributed by atoms with Crippen molar-refractivity contribution in [3.63, 3.8) is 0 Å². The third-order valence-corrected chi connectivity index (χ3v) is 3.31. The number of esters is 1. The van der Waals surface area contributed by atoms with Crippen molar-refractivity contribution in [3.05, 3.63) is 0 Å². The highest BCUT2D eigenvalue weighted by Gasteiger charge is 2.37. The standard InChI is InChI=1S/C12H20N2O6/c1-19-9(15)3-2-8(10(16)17)14-11(18)12(13)4-6-20-7-5-12/h8H,2-7,13H2,1H3,(H,14,18)(H,16,17). The second-order valence-corrected chi connectivity index (χ2v) is 4.75. The molecular weight excluding hydrogens is 268 g/mol. The predicted octanol–water partition coefficient (Wildman–Crippen LogP) is -0.983. The van der Waals surface area contributed by atoms with Crippen molar-refractivity contribution >= 4 is 17.8 Å². The van der Waals surface area contributed by atoms with Gasteiger partial charge in [0.05, 0.1) is 12.6 Å². The lowest BCUT2D eigenvalue weighted by Gasteiger charge is -2.32. The van der Waals surface area contributed by atoms with Gasteiger partial charge in [0.15, 0.2) is 0 Å². The maximum atomic E-state index is 12.1. The maximum absolute atomic E-state index is 12.1. The molecule has 1 rings (SSSR count). The number of amides is 1. The second kappa shape index (κ2) is 7.20. The Balaban J connectivity index is 2.58. The number of hydrogen-bond donors (Lipinski definition) is 3. The zero-order valence-electron chi connectivity index (χ0n) is 11.4. The predicted molar refractivity (Wildman–Crippen MR) is 67.8 cm³/mol. The number of aliphatic carboxylic acids is 1. The normalized spacial score (nSPS) is 18.9. The molecule has 20 heavy (non-hydrogen) atoms. The minimum Gasteiger partial charge on any atom is -0.480 e. The number of carboxylic acids is 1. The van der Waals surface area contributed by atoms with Crippen molar-refractivity contribution in [2.24, 2.45) is 5.73 Å². The van der Waals surface area contributed by atoms with E-state index in [1.807, 2.05) is 0 Å². The van der Waals surface area contributed by atoms with E-state index in [0.717, 1.165) is 0 Å². The van der Waals surface area contributed by atoms with E-state index in [2.05, 4.69) is 10.1 Å². The topological polar surface area (TPSA) is 128 Å². The summed E-state index contributed by atoms with van der Waals surface area (Å²) in [6.07, 6.45) is 0.541. The summed E-state index contributed by atoms with van der Waals surface area (Å²) in [5.41, 5.74) is 4.84. The maximum Gasteiger partial charge on any atom is 0.326 e. The average molecular weight is 288 g/mol. The SMILES string of the molecule is COC(=O)CCC(NC(=O)C1(N)CCOCC1)C(=O)O. The summed E-state index contributed by atoms with van der Waals surface area (Å²) in [5.74, 6) is -2.27. The number of methoxy groups -OCH3 is 1. The van der Waals surface area contributed by atoms with Gasteiger partial charge in [-0.05, 0) is 19.3 Å². The molecule has 0 radical (unpaired) electrons. The molecule has 8 heteroatoms. The molecule has 0 aromatic heterocycles. The highest BCUT2D eigenvalue weighted by molar-refractivity contribution is 5.90. The average Bonchev–Trinajstić information content (AvgIpc) is 2.43. The minimum atomic E-state index is -1.21. The highest BCUT2D eigenvalue weighted by Crippen LogP contribution is 2.18. The summed E-state index contributed by atoms with van der Waals surface area (Å²) in [7, 11) is 1.22. The zero-order chi connectivity index (χ0) is 15.2. The molecule has 1 aliphatic heterocycles. The Morgan fingerprint density at radius 2 is 2.00 bits per heavy atom. The quantitative estimate of drug-likeness (QED) is 0.536. The highest BCUT2D eigenvalue weighted by atomic mass is 16.5. The van der Waals surface area contributed by atoms with Gasteiger partial charge < -0.3 is 25.6 Å². The first kappa shape index (κ1) is 16.4. The van der Waals surface area contributed by atoms with Crippen molar-refractivity contribution in [1.29, 1.82) is 0 Å². The Morgan fingerprint density at radius 1 is 1.40 bits per heavy atom. The van der Waals surface area contributed by atoms with E-state index in [4.69, 9.17) is 15.6 Å². The molecule has 1 unspecified atom stereocenters. The number of nitrogens with one attached hydrogen (secondary N) is 1. The summed E-state index contributed by atoms with van der Waals surface area (Å²) >= 11 is 0. The largest absolute Gasteiger partial charge is 0.480 e. The molecule has 1 saturated heterocycles. The van der Waals surface area contributed by atoms with Crippen LogP contribution in [0.4, 0.5) is 0 Å². The van der Waals surface area contributed by atoms with Gasteiger partial charge in [-0.2, -0.15) is 0 Å². The Kier molecular flexibility index (Phi) is 5.90. The molecule has 0 aromatic carbocycles. The Morgan fingerprint density at radius 3 is 2.50 bits per heavy atom. The first-order chi connectivity index (χ1) is 9.39. The fourth-order valence-electron chi connectivity index (χ4n) is 1.89. The third kappa shape index (κ3) is 4.46. The van der Waals surface area contributed by atoms with E-state index in [-0.39, 0.29) is 12.8 Å². The monoisotopic (exact) mass is 288 g/mol. The zero-order valence-corrected chi connectivity index (χ0v) is 11.4. The van der Waals surface area contributed by atoms with E-state index in [1.165, 1.54) is 7.11 Å². The van der Waals surface area contributed by atoms with E-state index in [0.29, 0.717) is 26.1 Å². The molecule has 0 aromatic rings. The summed E-state index contributed by atoms with van der Waals surface area (Å²) in [4.78, 5) is 34.2. The Bertz CT molecular complexity index is 378. The number of rotatable bonds is 6. The molecule has 1 fully saturated rings. The fraction of sp³-hybridized carbons (Fsp3) is 0.750. The number of hydrogen-bond acceptors (Lipinski definition) is 6. The van der Waals surface area contributed by atoms with E-state index in [9.17, 15) is 14.4 Å². The van der Waals surface area contributed by atoms with Crippen molar-refractivity contribution < 1.29 is 29.0 Å². The van der Waals surface area contributed by atoms with Crippen LogP contribution in [0.3, 0.4) is 0 Å². The third-order valence-electron chi connectivity index (χ3n) is 3.31. The van der Waals surface area contributed by atoms with Crippen LogP contribution in [0.15, 0.2) is 0 Å². The van der Waals surface area contributed by atoms with Gasteiger partial charge in [-0.25, -0.2) is 4.79 Å². The first-order valence-electron chi connectivity index (χ1n) is 6.36. The molecule has 4 N–H and O–H groups in total. The van der Waals surface area contributed by atoms with Crippen molar-refractivity contribution in [3.8, 4) is 0 Å². The summed E-state index contributed by atoms with van der Waals surface area (Å²) < 4.78 is 9.56.